The van der Waals surface area contributed by atoms with Crippen molar-refractivity contribution in [1.29, 1.82) is 0 Å². The fraction of sp³-hybridized carbons (Fsp3) is 0.500. The molecule has 0 aliphatic heterocycles. The zero-order chi connectivity index (χ0) is 15.2. The molecular formula is C16H21NO3S. The van der Waals surface area contributed by atoms with Gasteiger partial charge in [-0.2, -0.15) is 0 Å². The van der Waals surface area contributed by atoms with Crippen molar-refractivity contribution in [3.63, 3.8) is 0 Å². The van der Waals surface area contributed by atoms with Crippen LogP contribution < -0.4 is 0 Å². The summed E-state index contributed by atoms with van der Waals surface area (Å²) in [5.74, 6) is -0.0451. The normalized spacial score (nSPS) is 16.4. The second kappa shape index (κ2) is 7.41. The molecule has 0 aromatic heterocycles. The largest absolute Gasteiger partial charge is 0.507 e. The van der Waals surface area contributed by atoms with Gasteiger partial charge < -0.3 is 15.3 Å². The van der Waals surface area contributed by atoms with Crippen molar-refractivity contribution in [2.45, 2.75) is 38.5 Å². The third-order valence-electron chi connectivity index (χ3n) is 3.86. The molecule has 0 amide bonds. The number of phenols is 3. The predicted molar refractivity (Wildman–Crippen MR) is 87.7 cm³/mol. The molecule has 0 bridgehead atoms. The lowest BCUT2D eigenvalue weighted by Gasteiger charge is -2.21. The van der Waals surface area contributed by atoms with E-state index < -0.39 is 0 Å². The lowest BCUT2D eigenvalue weighted by Crippen LogP contribution is -2.12. The Labute approximate surface area is 130 Å². The van der Waals surface area contributed by atoms with E-state index in [1.54, 1.807) is 0 Å². The molecule has 0 heterocycles. The quantitative estimate of drug-likeness (QED) is 0.336. The molecular weight excluding hydrogens is 286 g/mol. The minimum absolute atomic E-state index is 0.118. The summed E-state index contributed by atoms with van der Waals surface area (Å²) in [6.07, 6.45) is 8.88. The third kappa shape index (κ3) is 4.70. The molecule has 5 heteroatoms. The Bertz CT molecular complexity index is 537. The van der Waals surface area contributed by atoms with E-state index in [0.717, 1.165) is 17.4 Å². The molecule has 114 valence electrons. The SMILES string of the molecule is Oc1cc(O)c(C=NCC(=S)CC2CCCCC2)cc1O. The smallest absolute Gasteiger partial charge is 0.161 e. The summed E-state index contributed by atoms with van der Waals surface area (Å²) < 4.78 is 0. The van der Waals surface area contributed by atoms with Gasteiger partial charge in [0.2, 0.25) is 0 Å². The Hall–Kier alpha value is -1.62. The molecule has 4 nitrogen and oxygen atoms in total. The molecule has 21 heavy (non-hydrogen) atoms. The highest BCUT2D eigenvalue weighted by molar-refractivity contribution is 7.80. The Morgan fingerprint density at radius 2 is 1.76 bits per heavy atom. The first-order chi connectivity index (χ1) is 10.1. The lowest BCUT2D eigenvalue weighted by atomic mass is 9.86. The van der Waals surface area contributed by atoms with Crippen LogP contribution >= 0.6 is 12.2 Å². The first-order valence-electron chi connectivity index (χ1n) is 7.32. The summed E-state index contributed by atoms with van der Waals surface area (Å²) in [5.41, 5.74) is 0.366. The maximum Gasteiger partial charge on any atom is 0.161 e. The zero-order valence-electron chi connectivity index (χ0n) is 12.0. The van der Waals surface area contributed by atoms with Crippen molar-refractivity contribution < 1.29 is 15.3 Å². The minimum Gasteiger partial charge on any atom is -0.507 e. The Balaban J connectivity index is 1.87. The second-order valence-corrected chi connectivity index (χ2v) is 6.19. The van der Waals surface area contributed by atoms with E-state index in [2.05, 4.69) is 4.99 Å². The van der Waals surface area contributed by atoms with E-state index in [0.29, 0.717) is 18.0 Å². The van der Waals surface area contributed by atoms with Crippen molar-refractivity contribution in [3.05, 3.63) is 17.7 Å². The predicted octanol–water partition coefficient (Wildman–Crippen LogP) is 3.56. The molecule has 1 aliphatic rings. The van der Waals surface area contributed by atoms with Crippen LogP contribution in [0.4, 0.5) is 0 Å². The van der Waals surface area contributed by atoms with Crippen LogP contribution in [0.5, 0.6) is 17.2 Å². The van der Waals surface area contributed by atoms with E-state index in [4.69, 9.17) is 12.2 Å². The third-order valence-corrected chi connectivity index (χ3v) is 4.16. The summed E-state index contributed by atoms with van der Waals surface area (Å²) in [6, 6.07) is 2.37. The Kier molecular flexibility index (Phi) is 5.56. The molecule has 1 aromatic rings. The molecule has 0 atom stereocenters. The van der Waals surface area contributed by atoms with E-state index in [-0.39, 0.29) is 17.2 Å². The summed E-state index contributed by atoms with van der Waals surface area (Å²) in [5, 5.41) is 28.3. The first kappa shape index (κ1) is 15.8. The van der Waals surface area contributed by atoms with Crippen LogP contribution in [0.3, 0.4) is 0 Å². The molecule has 1 aliphatic carbocycles. The zero-order valence-corrected chi connectivity index (χ0v) is 12.8. The standard InChI is InChI=1S/C16H21NO3S/c18-14-8-16(20)15(19)7-12(14)9-17-10-13(21)6-11-4-2-1-3-5-11/h7-9,11,18-20H,1-6,10H2. The molecule has 1 fully saturated rings. The average molecular weight is 307 g/mol. The number of hydrogen-bond donors (Lipinski definition) is 3. The van der Waals surface area contributed by atoms with Crippen LogP contribution in [-0.2, 0) is 0 Å². The van der Waals surface area contributed by atoms with Gasteiger partial charge in [0.05, 0.1) is 6.54 Å². The van der Waals surface area contributed by atoms with E-state index in [1.807, 2.05) is 0 Å². The monoisotopic (exact) mass is 307 g/mol. The van der Waals surface area contributed by atoms with Crippen molar-refractivity contribution in [2.75, 3.05) is 6.54 Å². The number of thiocarbonyl (C=S) groups is 1. The molecule has 0 saturated heterocycles. The van der Waals surface area contributed by atoms with Gasteiger partial charge in [0.15, 0.2) is 11.5 Å². The van der Waals surface area contributed by atoms with Crippen molar-refractivity contribution >= 4 is 23.3 Å². The number of benzene rings is 1. The van der Waals surface area contributed by atoms with Gasteiger partial charge in [-0.1, -0.05) is 44.3 Å². The van der Waals surface area contributed by atoms with Gasteiger partial charge in [0.1, 0.15) is 5.75 Å². The van der Waals surface area contributed by atoms with Crippen LogP contribution in [0.2, 0.25) is 0 Å². The van der Waals surface area contributed by atoms with Crippen molar-refractivity contribution in [3.8, 4) is 17.2 Å². The van der Waals surface area contributed by atoms with Crippen LogP contribution in [0.25, 0.3) is 0 Å². The number of aliphatic imine (C=N–C) groups is 1. The summed E-state index contributed by atoms with van der Waals surface area (Å²) in [7, 11) is 0. The van der Waals surface area contributed by atoms with Gasteiger partial charge >= 0.3 is 0 Å². The average Bonchev–Trinajstić information content (AvgIpc) is 2.45. The number of rotatable bonds is 5. The van der Waals surface area contributed by atoms with Crippen molar-refractivity contribution in [2.24, 2.45) is 10.9 Å². The van der Waals surface area contributed by atoms with Crippen LogP contribution in [0, 0.1) is 5.92 Å². The van der Waals surface area contributed by atoms with Gasteiger partial charge in [-0.3, -0.25) is 4.99 Å². The molecule has 0 spiro atoms. The molecule has 0 radical (unpaired) electrons. The Morgan fingerprint density at radius 3 is 2.48 bits per heavy atom. The molecule has 1 aromatic carbocycles. The second-order valence-electron chi connectivity index (χ2n) is 5.62. The van der Waals surface area contributed by atoms with Gasteiger partial charge in [0.25, 0.3) is 0 Å². The fourth-order valence-electron chi connectivity index (χ4n) is 2.71. The molecule has 3 N–H and O–H groups in total. The van der Waals surface area contributed by atoms with Crippen LogP contribution in [0.15, 0.2) is 17.1 Å². The maximum absolute atomic E-state index is 9.65. The number of nitrogens with zero attached hydrogens (tertiary/aromatic N) is 1. The van der Waals surface area contributed by atoms with Crippen molar-refractivity contribution in [1.82, 2.24) is 0 Å². The first-order valence-corrected chi connectivity index (χ1v) is 7.73. The maximum atomic E-state index is 9.65. The minimum atomic E-state index is -0.350. The molecule has 0 unspecified atom stereocenters. The van der Waals surface area contributed by atoms with Gasteiger partial charge in [-0.05, 0) is 18.4 Å². The van der Waals surface area contributed by atoms with E-state index in [9.17, 15) is 15.3 Å². The van der Waals surface area contributed by atoms with Crippen LogP contribution in [-0.4, -0.2) is 32.9 Å². The van der Waals surface area contributed by atoms with E-state index >= 15 is 0 Å². The van der Waals surface area contributed by atoms with E-state index in [1.165, 1.54) is 44.4 Å². The summed E-state index contributed by atoms with van der Waals surface area (Å²) in [4.78, 5) is 5.15. The highest BCUT2D eigenvalue weighted by atomic mass is 32.1. The summed E-state index contributed by atoms with van der Waals surface area (Å²) in [6.45, 7) is 0.451. The highest BCUT2D eigenvalue weighted by Gasteiger charge is 2.14. The lowest BCUT2D eigenvalue weighted by molar-refractivity contribution is 0.368. The van der Waals surface area contributed by atoms with Gasteiger partial charge in [-0.15, -0.1) is 0 Å². The summed E-state index contributed by atoms with van der Waals surface area (Å²) >= 11 is 5.36. The van der Waals surface area contributed by atoms with Crippen LogP contribution in [0.1, 0.15) is 44.1 Å². The highest BCUT2D eigenvalue weighted by Crippen LogP contribution is 2.31. The molecule has 2 rings (SSSR count). The molecule has 1 saturated carbocycles. The number of phenolic OH excluding ortho intramolecular Hbond substituents is 3. The fourth-order valence-corrected chi connectivity index (χ4v) is 3.02. The van der Waals surface area contributed by atoms with Gasteiger partial charge in [0, 0.05) is 22.7 Å². The van der Waals surface area contributed by atoms with Gasteiger partial charge in [-0.25, -0.2) is 0 Å². The number of hydrogen-bond acceptors (Lipinski definition) is 5. The topological polar surface area (TPSA) is 73.0 Å². The number of aromatic hydroxyl groups is 3. The Morgan fingerprint density at radius 1 is 1.10 bits per heavy atom.